The first kappa shape index (κ1) is 17.0. The molecule has 0 saturated heterocycles. The number of nitrogens with zero attached hydrogens (tertiary/aromatic N) is 1. The number of fused-ring (bicyclic) bond motifs is 2. The van der Waals surface area contributed by atoms with Gasteiger partial charge in [0.25, 0.3) is 0 Å². The summed E-state index contributed by atoms with van der Waals surface area (Å²) in [6, 6.07) is 7.22. The van der Waals surface area contributed by atoms with Crippen molar-refractivity contribution in [2.75, 3.05) is 5.32 Å². The molecule has 0 saturated carbocycles. The van der Waals surface area contributed by atoms with Crippen LogP contribution in [0.25, 0.3) is 21.9 Å². The zero-order chi connectivity index (χ0) is 19.0. The molecule has 6 nitrogen and oxygen atoms in total. The monoisotopic (exact) mass is 362 g/mol. The summed E-state index contributed by atoms with van der Waals surface area (Å²) in [6.45, 7) is 3.85. The number of furan rings is 1. The minimum Gasteiger partial charge on any atom is -0.464 e. The smallest absolute Gasteiger partial charge is 0.339 e. The lowest BCUT2D eigenvalue weighted by atomic mass is 10.0. The summed E-state index contributed by atoms with van der Waals surface area (Å²) >= 11 is 0. The maximum Gasteiger partial charge on any atom is 0.339 e. The number of amides is 1. The molecule has 0 aliphatic carbocycles. The van der Waals surface area contributed by atoms with Crippen molar-refractivity contribution in [2.45, 2.75) is 26.7 Å². The number of hydrogen-bond donors (Lipinski definition) is 1. The summed E-state index contributed by atoms with van der Waals surface area (Å²) < 4.78 is 11.0. The van der Waals surface area contributed by atoms with Crippen molar-refractivity contribution in [2.24, 2.45) is 0 Å². The molecule has 0 atom stereocenters. The molecule has 6 heteroatoms. The highest BCUT2D eigenvalue weighted by Crippen LogP contribution is 2.29. The van der Waals surface area contributed by atoms with Crippen LogP contribution in [0.3, 0.4) is 0 Å². The van der Waals surface area contributed by atoms with Gasteiger partial charge in [-0.2, -0.15) is 0 Å². The van der Waals surface area contributed by atoms with Gasteiger partial charge in [-0.25, -0.2) is 4.79 Å². The maximum atomic E-state index is 12.4. The Bertz CT molecular complexity index is 1210. The summed E-state index contributed by atoms with van der Waals surface area (Å²) in [5.74, 6) is -0.178. The molecule has 4 aromatic rings. The van der Waals surface area contributed by atoms with Crippen LogP contribution in [0.4, 0.5) is 5.69 Å². The van der Waals surface area contributed by atoms with Crippen molar-refractivity contribution < 1.29 is 13.6 Å². The van der Waals surface area contributed by atoms with Crippen LogP contribution in [-0.4, -0.2) is 10.9 Å². The molecule has 1 aromatic carbocycles. The van der Waals surface area contributed by atoms with Crippen molar-refractivity contribution in [1.29, 1.82) is 0 Å². The molecular weight excluding hydrogens is 344 g/mol. The van der Waals surface area contributed by atoms with Gasteiger partial charge in [0.05, 0.1) is 18.1 Å². The third kappa shape index (κ3) is 3.21. The van der Waals surface area contributed by atoms with Gasteiger partial charge < -0.3 is 14.2 Å². The van der Waals surface area contributed by atoms with Gasteiger partial charge in [-0.05, 0) is 49.6 Å². The van der Waals surface area contributed by atoms with Crippen LogP contribution >= 0.6 is 0 Å². The predicted octanol–water partition coefficient (Wildman–Crippen LogP) is 4.12. The van der Waals surface area contributed by atoms with Gasteiger partial charge in [0.1, 0.15) is 11.2 Å². The molecule has 0 aliphatic rings. The molecular formula is C21H18N2O4. The van der Waals surface area contributed by atoms with E-state index in [1.807, 2.05) is 19.9 Å². The Morgan fingerprint density at radius 1 is 1.19 bits per heavy atom. The molecule has 0 unspecified atom stereocenters. The van der Waals surface area contributed by atoms with Gasteiger partial charge in [0.15, 0.2) is 0 Å². The highest BCUT2D eigenvalue weighted by molar-refractivity contribution is 5.96. The van der Waals surface area contributed by atoms with Crippen LogP contribution in [-0.2, 0) is 11.2 Å². The van der Waals surface area contributed by atoms with Crippen LogP contribution in [0.2, 0.25) is 0 Å². The number of nitrogens with one attached hydrogen (secondary N) is 1. The third-order valence-corrected chi connectivity index (χ3v) is 4.72. The molecule has 3 aromatic heterocycles. The van der Waals surface area contributed by atoms with Gasteiger partial charge in [0.2, 0.25) is 5.91 Å². The number of aryl methyl sites for hydroxylation is 2. The average Bonchev–Trinajstić information content (AvgIpc) is 3.01. The fourth-order valence-electron chi connectivity index (χ4n) is 3.23. The molecule has 136 valence electrons. The van der Waals surface area contributed by atoms with Gasteiger partial charge in [-0.1, -0.05) is 0 Å². The summed E-state index contributed by atoms with van der Waals surface area (Å²) in [5, 5.41) is 4.61. The van der Waals surface area contributed by atoms with Crippen LogP contribution in [0.1, 0.15) is 23.1 Å². The molecule has 0 fully saturated rings. The maximum absolute atomic E-state index is 12.4. The largest absolute Gasteiger partial charge is 0.464 e. The zero-order valence-electron chi connectivity index (χ0n) is 15.0. The number of carbonyl (C=O) groups excluding carboxylic acids is 1. The van der Waals surface area contributed by atoms with E-state index in [1.165, 1.54) is 0 Å². The molecule has 0 radical (unpaired) electrons. The molecule has 1 amide bonds. The quantitative estimate of drug-likeness (QED) is 0.552. The molecule has 3 heterocycles. The third-order valence-electron chi connectivity index (χ3n) is 4.72. The van der Waals surface area contributed by atoms with E-state index in [4.69, 9.17) is 8.83 Å². The van der Waals surface area contributed by atoms with E-state index in [2.05, 4.69) is 10.3 Å². The minimum atomic E-state index is -0.420. The predicted molar refractivity (Wildman–Crippen MR) is 103 cm³/mol. The second-order valence-corrected chi connectivity index (χ2v) is 6.55. The highest BCUT2D eigenvalue weighted by atomic mass is 16.4. The Hall–Kier alpha value is -3.41. The second kappa shape index (κ2) is 6.72. The average molecular weight is 362 g/mol. The van der Waals surface area contributed by atoms with Crippen LogP contribution in [0.15, 0.2) is 56.6 Å². The van der Waals surface area contributed by atoms with Crippen LogP contribution in [0, 0.1) is 13.8 Å². The summed E-state index contributed by atoms with van der Waals surface area (Å²) in [6.07, 6.45) is 5.38. The Labute approximate surface area is 154 Å². The molecule has 0 bridgehead atoms. The number of carbonyl (C=O) groups is 1. The topological polar surface area (TPSA) is 85.3 Å². The number of aromatic nitrogens is 1. The SMILES string of the molecule is Cc1coc2cc3oc(=O)c(CCC(=O)Nc4cccnc4)c(C)c3cc12. The van der Waals surface area contributed by atoms with Gasteiger partial charge in [0, 0.05) is 35.0 Å². The van der Waals surface area contributed by atoms with E-state index in [0.717, 1.165) is 21.9 Å². The van der Waals surface area contributed by atoms with E-state index >= 15 is 0 Å². The lowest BCUT2D eigenvalue weighted by Crippen LogP contribution is -2.16. The zero-order valence-corrected chi connectivity index (χ0v) is 15.0. The van der Waals surface area contributed by atoms with Crippen LogP contribution < -0.4 is 10.9 Å². The Kier molecular flexibility index (Phi) is 4.24. The molecule has 1 N–H and O–H groups in total. The lowest BCUT2D eigenvalue weighted by molar-refractivity contribution is -0.116. The van der Waals surface area contributed by atoms with E-state index < -0.39 is 5.63 Å². The fraction of sp³-hybridized carbons (Fsp3) is 0.190. The van der Waals surface area contributed by atoms with E-state index in [0.29, 0.717) is 28.8 Å². The summed E-state index contributed by atoms with van der Waals surface area (Å²) in [7, 11) is 0. The van der Waals surface area contributed by atoms with Crippen molar-refractivity contribution >= 4 is 33.5 Å². The molecule has 0 spiro atoms. The van der Waals surface area contributed by atoms with E-state index in [-0.39, 0.29) is 12.3 Å². The number of anilines is 1. The van der Waals surface area contributed by atoms with Gasteiger partial charge >= 0.3 is 5.63 Å². The first-order valence-corrected chi connectivity index (χ1v) is 8.67. The summed E-state index contributed by atoms with van der Waals surface area (Å²) in [4.78, 5) is 28.6. The van der Waals surface area contributed by atoms with Gasteiger partial charge in [-0.15, -0.1) is 0 Å². The number of rotatable bonds is 4. The van der Waals surface area contributed by atoms with Gasteiger partial charge in [-0.3, -0.25) is 9.78 Å². The van der Waals surface area contributed by atoms with Crippen molar-refractivity contribution in [3.8, 4) is 0 Å². The number of benzene rings is 1. The molecule has 27 heavy (non-hydrogen) atoms. The van der Waals surface area contributed by atoms with Crippen molar-refractivity contribution in [3.63, 3.8) is 0 Å². The number of hydrogen-bond acceptors (Lipinski definition) is 5. The fourth-order valence-corrected chi connectivity index (χ4v) is 3.23. The van der Waals surface area contributed by atoms with Crippen molar-refractivity contribution in [1.82, 2.24) is 4.98 Å². The Morgan fingerprint density at radius 3 is 2.81 bits per heavy atom. The van der Waals surface area contributed by atoms with E-state index in [9.17, 15) is 9.59 Å². The normalized spacial score (nSPS) is 11.2. The van der Waals surface area contributed by atoms with Crippen molar-refractivity contribution in [3.05, 3.63) is 70.0 Å². The summed E-state index contributed by atoms with van der Waals surface area (Å²) in [5.41, 5.74) is 3.76. The standard InChI is InChI=1S/C21H18N2O4/c1-12-11-26-18-9-19-17(8-16(12)18)13(2)15(21(25)27-19)5-6-20(24)23-14-4-3-7-22-10-14/h3-4,7-11H,5-6H2,1-2H3,(H,23,24). The first-order chi connectivity index (χ1) is 13.0. The Balaban J connectivity index is 1.63. The second-order valence-electron chi connectivity index (χ2n) is 6.55. The highest BCUT2D eigenvalue weighted by Gasteiger charge is 2.15. The number of pyridine rings is 1. The minimum absolute atomic E-state index is 0.178. The van der Waals surface area contributed by atoms with Crippen LogP contribution in [0.5, 0.6) is 0 Å². The lowest BCUT2D eigenvalue weighted by Gasteiger charge is -2.08. The van der Waals surface area contributed by atoms with E-state index in [1.54, 1.807) is 36.9 Å². The first-order valence-electron chi connectivity index (χ1n) is 8.67. The molecule has 4 rings (SSSR count). The molecule has 0 aliphatic heterocycles. The Morgan fingerprint density at radius 2 is 2.04 bits per heavy atom.